The molecule has 0 aromatic heterocycles. The molecule has 1 heterocycles. The van der Waals surface area contributed by atoms with Gasteiger partial charge in [0.05, 0.1) is 19.3 Å². The van der Waals surface area contributed by atoms with Crippen molar-refractivity contribution < 1.29 is 14.6 Å². The number of rotatable bonds is 8. The number of likely N-dealkylation sites (tertiary alicyclic amines) is 1. The second-order valence-electron chi connectivity index (χ2n) is 5.06. The molecule has 2 atom stereocenters. The molecule has 19 heavy (non-hydrogen) atoms. The first-order valence-corrected chi connectivity index (χ1v) is 7.45. The first kappa shape index (κ1) is 16.4. The summed E-state index contributed by atoms with van der Waals surface area (Å²) in [4.78, 5) is 14.0. The maximum absolute atomic E-state index is 11.8. The Kier molecular flexibility index (Phi) is 8.02. The van der Waals surface area contributed by atoms with E-state index in [0.29, 0.717) is 26.3 Å². The van der Waals surface area contributed by atoms with Crippen LogP contribution in [0.2, 0.25) is 0 Å². The molecule has 0 saturated carbocycles. The number of ether oxygens (including phenoxy) is 1. The van der Waals surface area contributed by atoms with Crippen molar-refractivity contribution in [1.29, 1.82) is 0 Å². The van der Waals surface area contributed by atoms with Gasteiger partial charge in [0.25, 0.3) is 0 Å². The lowest BCUT2D eigenvalue weighted by atomic mass is 9.96. The SMILES string of the molecule is CCOCCNC(=O)CN1CCCCC1C(O)CC. The number of aliphatic hydroxyl groups excluding tert-OH is 1. The summed E-state index contributed by atoms with van der Waals surface area (Å²) in [5.74, 6) is 0.0231. The maximum atomic E-state index is 11.8. The van der Waals surface area contributed by atoms with Crippen LogP contribution in [0.1, 0.15) is 39.5 Å². The van der Waals surface area contributed by atoms with Gasteiger partial charge in [-0.1, -0.05) is 13.3 Å². The smallest absolute Gasteiger partial charge is 0.234 e. The highest BCUT2D eigenvalue weighted by Crippen LogP contribution is 2.20. The fourth-order valence-electron chi connectivity index (χ4n) is 2.57. The van der Waals surface area contributed by atoms with E-state index in [1.165, 1.54) is 0 Å². The van der Waals surface area contributed by atoms with Crippen LogP contribution in [0.15, 0.2) is 0 Å². The highest BCUT2D eigenvalue weighted by Gasteiger charge is 2.28. The molecule has 2 unspecified atom stereocenters. The standard InChI is InChI=1S/C14H28N2O3/c1-3-13(17)12-7-5-6-9-16(12)11-14(18)15-8-10-19-4-2/h12-13,17H,3-11H2,1-2H3,(H,15,18). The summed E-state index contributed by atoms with van der Waals surface area (Å²) >= 11 is 0. The van der Waals surface area contributed by atoms with Crippen LogP contribution in [0.5, 0.6) is 0 Å². The van der Waals surface area contributed by atoms with Gasteiger partial charge in [-0.3, -0.25) is 9.69 Å². The van der Waals surface area contributed by atoms with Gasteiger partial charge in [0, 0.05) is 19.2 Å². The topological polar surface area (TPSA) is 61.8 Å². The van der Waals surface area contributed by atoms with Crippen LogP contribution < -0.4 is 5.32 Å². The van der Waals surface area contributed by atoms with Gasteiger partial charge in [0.15, 0.2) is 0 Å². The lowest BCUT2D eigenvalue weighted by Crippen LogP contribution is -2.50. The molecule has 1 aliphatic heterocycles. The number of hydrogen-bond acceptors (Lipinski definition) is 4. The van der Waals surface area contributed by atoms with Gasteiger partial charge in [-0.2, -0.15) is 0 Å². The number of nitrogens with zero attached hydrogens (tertiary/aromatic N) is 1. The molecule has 5 nitrogen and oxygen atoms in total. The summed E-state index contributed by atoms with van der Waals surface area (Å²) in [5, 5.41) is 12.9. The first-order chi connectivity index (χ1) is 9.19. The third-order valence-electron chi connectivity index (χ3n) is 3.65. The van der Waals surface area contributed by atoms with Crippen LogP contribution in [-0.2, 0) is 9.53 Å². The van der Waals surface area contributed by atoms with E-state index >= 15 is 0 Å². The minimum absolute atomic E-state index is 0.0231. The van der Waals surface area contributed by atoms with E-state index in [9.17, 15) is 9.90 Å². The highest BCUT2D eigenvalue weighted by molar-refractivity contribution is 5.78. The average molecular weight is 272 g/mol. The molecular formula is C14H28N2O3. The van der Waals surface area contributed by atoms with Crippen LogP contribution in [0.4, 0.5) is 0 Å². The Morgan fingerprint density at radius 2 is 2.26 bits per heavy atom. The van der Waals surface area contributed by atoms with E-state index in [0.717, 1.165) is 32.2 Å². The van der Waals surface area contributed by atoms with Gasteiger partial charge < -0.3 is 15.2 Å². The number of piperidine rings is 1. The molecule has 0 spiro atoms. The fourth-order valence-corrected chi connectivity index (χ4v) is 2.57. The van der Waals surface area contributed by atoms with Crippen molar-refractivity contribution in [2.24, 2.45) is 0 Å². The van der Waals surface area contributed by atoms with E-state index in [4.69, 9.17) is 4.74 Å². The summed E-state index contributed by atoms with van der Waals surface area (Å²) in [7, 11) is 0. The minimum atomic E-state index is -0.323. The predicted molar refractivity (Wildman–Crippen MR) is 75.0 cm³/mol. The van der Waals surface area contributed by atoms with Crippen molar-refractivity contribution in [1.82, 2.24) is 10.2 Å². The van der Waals surface area contributed by atoms with Gasteiger partial charge in [-0.05, 0) is 32.7 Å². The van der Waals surface area contributed by atoms with E-state index in [2.05, 4.69) is 10.2 Å². The molecular weight excluding hydrogens is 244 g/mol. The zero-order chi connectivity index (χ0) is 14.1. The van der Waals surface area contributed by atoms with Crippen molar-refractivity contribution in [3.63, 3.8) is 0 Å². The number of aliphatic hydroxyl groups is 1. The Bertz CT molecular complexity index is 261. The molecule has 112 valence electrons. The fraction of sp³-hybridized carbons (Fsp3) is 0.929. The summed E-state index contributed by atoms with van der Waals surface area (Å²) in [6.45, 7) is 7.00. The molecule has 0 aromatic carbocycles. The Labute approximate surface area is 116 Å². The number of carbonyl (C=O) groups excluding carboxylic acids is 1. The molecule has 1 saturated heterocycles. The monoisotopic (exact) mass is 272 g/mol. The molecule has 0 aliphatic carbocycles. The van der Waals surface area contributed by atoms with Gasteiger partial charge in [0.1, 0.15) is 0 Å². The number of nitrogens with one attached hydrogen (secondary N) is 1. The van der Waals surface area contributed by atoms with Crippen LogP contribution in [0.25, 0.3) is 0 Å². The molecule has 0 aromatic rings. The third-order valence-corrected chi connectivity index (χ3v) is 3.65. The summed E-state index contributed by atoms with van der Waals surface area (Å²) in [6, 6.07) is 0.136. The molecule has 0 radical (unpaired) electrons. The minimum Gasteiger partial charge on any atom is -0.392 e. The van der Waals surface area contributed by atoms with E-state index < -0.39 is 0 Å². The normalized spacial score (nSPS) is 22.2. The number of amides is 1. The largest absolute Gasteiger partial charge is 0.392 e. The van der Waals surface area contributed by atoms with Crippen LogP contribution in [-0.4, -0.2) is 60.9 Å². The quantitative estimate of drug-likeness (QED) is 0.641. The zero-order valence-electron chi connectivity index (χ0n) is 12.2. The average Bonchev–Trinajstić information content (AvgIpc) is 2.43. The second-order valence-corrected chi connectivity index (χ2v) is 5.06. The lowest BCUT2D eigenvalue weighted by Gasteiger charge is -2.37. The van der Waals surface area contributed by atoms with Crippen LogP contribution in [0.3, 0.4) is 0 Å². The highest BCUT2D eigenvalue weighted by atomic mass is 16.5. The number of hydrogen-bond donors (Lipinski definition) is 2. The Hall–Kier alpha value is -0.650. The van der Waals surface area contributed by atoms with E-state index in [1.807, 2.05) is 13.8 Å². The predicted octanol–water partition coefficient (Wildman–Crippen LogP) is 0.765. The van der Waals surface area contributed by atoms with Crippen LogP contribution >= 0.6 is 0 Å². The molecule has 1 aliphatic rings. The van der Waals surface area contributed by atoms with Gasteiger partial charge >= 0.3 is 0 Å². The number of carbonyl (C=O) groups is 1. The van der Waals surface area contributed by atoms with E-state index in [1.54, 1.807) is 0 Å². The van der Waals surface area contributed by atoms with E-state index in [-0.39, 0.29) is 18.1 Å². The zero-order valence-corrected chi connectivity index (χ0v) is 12.2. The maximum Gasteiger partial charge on any atom is 0.234 e. The van der Waals surface area contributed by atoms with Gasteiger partial charge in [0.2, 0.25) is 5.91 Å². The first-order valence-electron chi connectivity index (χ1n) is 7.45. The van der Waals surface area contributed by atoms with Crippen molar-refractivity contribution in [2.45, 2.75) is 51.7 Å². The van der Waals surface area contributed by atoms with Crippen molar-refractivity contribution in [2.75, 3.05) is 32.8 Å². The summed E-state index contributed by atoms with van der Waals surface area (Å²) < 4.78 is 5.18. The molecule has 5 heteroatoms. The van der Waals surface area contributed by atoms with Crippen LogP contribution in [0, 0.1) is 0 Å². The molecule has 0 bridgehead atoms. The Morgan fingerprint density at radius 3 is 2.95 bits per heavy atom. The second kappa shape index (κ2) is 9.28. The molecule has 1 rings (SSSR count). The third kappa shape index (κ3) is 5.89. The summed E-state index contributed by atoms with van der Waals surface area (Å²) in [6.07, 6.45) is 3.66. The summed E-state index contributed by atoms with van der Waals surface area (Å²) in [5.41, 5.74) is 0. The Balaban J connectivity index is 2.33. The Morgan fingerprint density at radius 1 is 1.47 bits per heavy atom. The molecule has 2 N–H and O–H groups in total. The van der Waals surface area contributed by atoms with Gasteiger partial charge in [-0.25, -0.2) is 0 Å². The molecule has 1 fully saturated rings. The lowest BCUT2D eigenvalue weighted by molar-refractivity contribution is -0.124. The van der Waals surface area contributed by atoms with Crippen molar-refractivity contribution >= 4 is 5.91 Å². The van der Waals surface area contributed by atoms with Crippen molar-refractivity contribution in [3.05, 3.63) is 0 Å². The van der Waals surface area contributed by atoms with Gasteiger partial charge in [-0.15, -0.1) is 0 Å². The molecule has 1 amide bonds. The van der Waals surface area contributed by atoms with Crippen molar-refractivity contribution in [3.8, 4) is 0 Å².